The Hall–Kier alpha value is -0.610. The van der Waals surface area contributed by atoms with Crippen molar-refractivity contribution in [3.63, 3.8) is 0 Å². The number of nitrogens with zero attached hydrogens (tertiary/aromatic N) is 2. The molecule has 100 valence electrons. The van der Waals surface area contributed by atoms with E-state index in [1.54, 1.807) is 0 Å². The zero-order chi connectivity index (χ0) is 12.7. The average molecular weight is 242 g/mol. The van der Waals surface area contributed by atoms with Crippen molar-refractivity contribution in [2.24, 2.45) is 5.92 Å². The Morgan fingerprint density at radius 2 is 2.00 bits per heavy atom. The molecule has 0 radical (unpaired) electrons. The summed E-state index contributed by atoms with van der Waals surface area (Å²) in [7, 11) is 4.21. The van der Waals surface area contributed by atoms with Crippen LogP contribution >= 0.6 is 0 Å². The predicted molar refractivity (Wildman–Crippen MR) is 69.0 cm³/mol. The van der Waals surface area contributed by atoms with Gasteiger partial charge in [-0.2, -0.15) is 0 Å². The molecule has 0 aromatic rings. The van der Waals surface area contributed by atoms with Gasteiger partial charge in [0.05, 0.1) is 6.61 Å². The van der Waals surface area contributed by atoms with Crippen molar-refractivity contribution in [1.82, 2.24) is 9.80 Å². The molecule has 0 amide bonds. The number of piperidine rings is 1. The van der Waals surface area contributed by atoms with Gasteiger partial charge in [-0.1, -0.05) is 0 Å². The van der Waals surface area contributed by atoms with E-state index in [1.807, 2.05) is 6.92 Å². The summed E-state index contributed by atoms with van der Waals surface area (Å²) in [6.45, 7) is 6.86. The summed E-state index contributed by atoms with van der Waals surface area (Å²) in [5.41, 5.74) is 0. The molecule has 17 heavy (non-hydrogen) atoms. The lowest BCUT2D eigenvalue weighted by molar-refractivity contribution is -0.144. The van der Waals surface area contributed by atoms with Crippen molar-refractivity contribution in [1.29, 1.82) is 0 Å². The molecular formula is C13H26N2O2. The van der Waals surface area contributed by atoms with E-state index in [2.05, 4.69) is 23.9 Å². The molecule has 1 fully saturated rings. The minimum Gasteiger partial charge on any atom is -0.466 e. The van der Waals surface area contributed by atoms with Gasteiger partial charge in [0.1, 0.15) is 0 Å². The topological polar surface area (TPSA) is 32.8 Å². The Bertz CT molecular complexity index is 223. The normalized spacial score (nSPS) is 18.6. The van der Waals surface area contributed by atoms with Gasteiger partial charge in [-0.05, 0) is 52.9 Å². The van der Waals surface area contributed by atoms with Crippen LogP contribution in [0.15, 0.2) is 0 Å². The van der Waals surface area contributed by atoms with Crippen molar-refractivity contribution >= 4 is 5.97 Å². The van der Waals surface area contributed by atoms with E-state index >= 15 is 0 Å². The van der Waals surface area contributed by atoms with Gasteiger partial charge in [0, 0.05) is 19.5 Å². The number of hydrogen-bond donors (Lipinski definition) is 0. The quantitative estimate of drug-likeness (QED) is 0.656. The monoisotopic (exact) mass is 242 g/mol. The van der Waals surface area contributed by atoms with Crippen LogP contribution in [0, 0.1) is 5.92 Å². The minimum atomic E-state index is -0.0285. The second-order valence-electron chi connectivity index (χ2n) is 5.10. The Balaban J connectivity index is 2.15. The molecule has 0 bridgehead atoms. The highest BCUT2D eigenvalue weighted by atomic mass is 16.5. The molecule has 1 aliphatic rings. The third-order valence-electron chi connectivity index (χ3n) is 3.33. The van der Waals surface area contributed by atoms with Crippen molar-refractivity contribution in [2.45, 2.75) is 26.2 Å². The highest BCUT2D eigenvalue weighted by Gasteiger charge is 2.21. The van der Waals surface area contributed by atoms with Crippen LogP contribution in [0.1, 0.15) is 26.2 Å². The van der Waals surface area contributed by atoms with Gasteiger partial charge in [-0.15, -0.1) is 0 Å². The first-order valence-corrected chi connectivity index (χ1v) is 6.64. The van der Waals surface area contributed by atoms with E-state index in [0.29, 0.717) is 18.9 Å². The molecule has 1 aliphatic heterocycles. The molecule has 0 spiro atoms. The Kier molecular flexibility index (Phi) is 6.52. The van der Waals surface area contributed by atoms with Crippen LogP contribution in [0.25, 0.3) is 0 Å². The van der Waals surface area contributed by atoms with Crippen molar-refractivity contribution in [2.75, 3.05) is 46.9 Å². The minimum absolute atomic E-state index is 0.0285. The smallest absolute Gasteiger partial charge is 0.306 e. The second-order valence-corrected chi connectivity index (χ2v) is 5.10. The Morgan fingerprint density at radius 3 is 2.53 bits per heavy atom. The molecule has 0 atom stereocenters. The summed E-state index contributed by atoms with van der Waals surface area (Å²) in [5.74, 6) is 0.504. The second kappa shape index (κ2) is 7.67. The van der Waals surface area contributed by atoms with Gasteiger partial charge < -0.3 is 14.5 Å². The fourth-order valence-electron chi connectivity index (χ4n) is 2.21. The summed E-state index contributed by atoms with van der Waals surface area (Å²) in [6, 6.07) is 0. The lowest BCUT2D eigenvalue weighted by atomic mass is 9.93. The number of ether oxygens (including phenoxy) is 1. The van der Waals surface area contributed by atoms with Crippen LogP contribution in [-0.2, 0) is 9.53 Å². The molecule has 1 heterocycles. The fraction of sp³-hybridized carbons (Fsp3) is 0.923. The molecule has 1 saturated heterocycles. The third-order valence-corrected chi connectivity index (χ3v) is 3.33. The van der Waals surface area contributed by atoms with Crippen LogP contribution in [-0.4, -0.2) is 62.7 Å². The van der Waals surface area contributed by atoms with E-state index in [4.69, 9.17) is 4.74 Å². The number of hydrogen-bond acceptors (Lipinski definition) is 4. The van der Waals surface area contributed by atoms with Gasteiger partial charge in [0.15, 0.2) is 0 Å². The first-order chi connectivity index (χ1) is 8.11. The Labute approximate surface area is 105 Å². The summed E-state index contributed by atoms with van der Waals surface area (Å²) in [4.78, 5) is 16.1. The van der Waals surface area contributed by atoms with Gasteiger partial charge in [-0.3, -0.25) is 4.79 Å². The zero-order valence-electron chi connectivity index (χ0n) is 11.4. The van der Waals surface area contributed by atoms with E-state index in [-0.39, 0.29) is 5.97 Å². The highest BCUT2D eigenvalue weighted by Crippen LogP contribution is 2.20. The highest BCUT2D eigenvalue weighted by molar-refractivity contribution is 5.69. The number of carbonyl (C=O) groups is 1. The van der Waals surface area contributed by atoms with Crippen LogP contribution < -0.4 is 0 Å². The molecule has 4 nitrogen and oxygen atoms in total. The Morgan fingerprint density at radius 1 is 1.35 bits per heavy atom. The lowest BCUT2D eigenvalue weighted by Crippen LogP contribution is -2.38. The molecule has 4 heteroatoms. The van der Waals surface area contributed by atoms with Crippen LogP contribution in [0.2, 0.25) is 0 Å². The van der Waals surface area contributed by atoms with E-state index in [9.17, 15) is 4.79 Å². The maximum atomic E-state index is 11.4. The lowest BCUT2D eigenvalue weighted by Gasteiger charge is -2.32. The first-order valence-electron chi connectivity index (χ1n) is 6.64. The molecule has 0 aliphatic carbocycles. The van der Waals surface area contributed by atoms with Gasteiger partial charge >= 0.3 is 5.97 Å². The molecule has 1 rings (SSSR count). The SMILES string of the molecule is CCOC(=O)CC1CCN(CCN(C)C)CC1. The maximum Gasteiger partial charge on any atom is 0.306 e. The molecule has 0 unspecified atom stereocenters. The van der Waals surface area contributed by atoms with Crippen LogP contribution in [0.3, 0.4) is 0 Å². The van der Waals surface area contributed by atoms with Crippen molar-refractivity contribution in [3.05, 3.63) is 0 Å². The van der Waals surface area contributed by atoms with E-state index < -0.39 is 0 Å². The average Bonchev–Trinajstić information content (AvgIpc) is 2.28. The van der Waals surface area contributed by atoms with E-state index in [1.165, 1.54) is 0 Å². The summed E-state index contributed by atoms with van der Waals surface area (Å²) < 4.78 is 4.99. The molecular weight excluding hydrogens is 216 g/mol. The number of carbonyl (C=O) groups excluding carboxylic acids is 1. The first kappa shape index (κ1) is 14.5. The van der Waals surface area contributed by atoms with Gasteiger partial charge in [0.2, 0.25) is 0 Å². The van der Waals surface area contributed by atoms with Crippen molar-refractivity contribution < 1.29 is 9.53 Å². The number of likely N-dealkylation sites (tertiary alicyclic amines) is 1. The van der Waals surface area contributed by atoms with Gasteiger partial charge in [-0.25, -0.2) is 0 Å². The molecule has 0 aromatic carbocycles. The molecule has 0 aromatic heterocycles. The van der Waals surface area contributed by atoms with Crippen LogP contribution in [0.5, 0.6) is 0 Å². The summed E-state index contributed by atoms with van der Waals surface area (Å²) in [6.07, 6.45) is 2.87. The standard InChI is InChI=1S/C13H26N2O2/c1-4-17-13(16)11-12-5-7-15(8-6-12)10-9-14(2)3/h12H,4-11H2,1-3H3. The number of likely N-dealkylation sites (N-methyl/N-ethyl adjacent to an activating group) is 1. The van der Waals surface area contributed by atoms with Gasteiger partial charge in [0.25, 0.3) is 0 Å². The van der Waals surface area contributed by atoms with Crippen LogP contribution in [0.4, 0.5) is 0 Å². The largest absolute Gasteiger partial charge is 0.466 e. The molecule has 0 N–H and O–H groups in total. The number of esters is 1. The predicted octanol–water partition coefficient (Wildman–Crippen LogP) is 1.21. The fourth-order valence-corrected chi connectivity index (χ4v) is 2.21. The summed E-state index contributed by atoms with van der Waals surface area (Å²) in [5, 5.41) is 0. The summed E-state index contributed by atoms with van der Waals surface area (Å²) >= 11 is 0. The van der Waals surface area contributed by atoms with E-state index in [0.717, 1.165) is 39.0 Å². The van der Waals surface area contributed by atoms with Crippen molar-refractivity contribution in [3.8, 4) is 0 Å². The maximum absolute atomic E-state index is 11.4. The molecule has 0 saturated carbocycles. The zero-order valence-corrected chi connectivity index (χ0v) is 11.4. The third kappa shape index (κ3) is 6.03. The number of rotatable bonds is 6.